The van der Waals surface area contributed by atoms with E-state index >= 15 is 0 Å². The minimum Gasteiger partial charge on any atom is -0.398 e. The number of rotatable bonds is 3. The number of nitrogen functional groups attached to an aromatic ring is 1. The van der Waals surface area contributed by atoms with Crippen molar-refractivity contribution in [2.45, 2.75) is 13.5 Å². The van der Waals surface area contributed by atoms with E-state index in [1.165, 1.54) is 0 Å². The van der Waals surface area contributed by atoms with Gasteiger partial charge in [0.25, 0.3) is 0 Å². The number of nitrogens with zero attached hydrogens (tertiary/aromatic N) is 2. The molecule has 0 saturated carbocycles. The van der Waals surface area contributed by atoms with Crippen LogP contribution in [0, 0.1) is 6.92 Å². The second-order valence-corrected chi connectivity index (χ2v) is 5.83. The number of anilines is 2. The first-order valence-electron chi connectivity index (χ1n) is 6.62. The van der Waals surface area contributed by atoms with Crippen molar-refractivity contribution >= 4 is 38.2 Å². The lowest BCUT2D eigenvalue weighted by molar-refractivity contribution is 1.09. The number of pyridine rings is 2. The zero-order chi connectivity index (χ0) is 14.8. The van der Waals surface area contributed by atoms with E-state index < -0.39 is 0 Å². The van der Waals surface area contributed by atoms with Crippen molar-refractivity contribution in [3.8, 4) is 0 Å². The van der Waals surface area contributed by atoms with E-state index in [-0.39, 0.29) is 0 Å². The molecule has 21 heavy (non-hydrogen) atoms. The highest BCUT2D eigenvalue weighted by molar-refractivity contribution is 9.10. The van der Waals surface area contributed by atoms with Crippen molar-refractivity contribution in [3.05, 3.63) is 58.5 Å². The molecule has 2 heterocycles. The number of nitrogens with two attached hydrogens (primary N) is 1. The summed E-state index contributed by atoms with van der Waals surface area (Å²) in [6.07, 6.45) is 3.66. The van der Waals surface area contributed by atoms with Gasteiger partial charge in [0.1, 0.15) is 0 Å². The van der Waals surface area contributed by atoms with Crippen LogP contribution in [0.2, 0.25) is 0 Å². The molecule has 2 aromatic heterocycles. The first kappa shape index (κ1) is 13.8. The van der Waals surface area contributed by atoms with Gasteiger partial charge in [-0.25, -0.2) is 0 Å². The molecule has 0 aliphatic carbocycles. The second kappa shape index (κ2) is 5.69. The van der Waals surface area contributed by atoms with Crippen molar-refractivity contribution in [2.75, 3.05) is 11.1 Å². The van der Waals surface area contributed by atoms with Crippen LogP contribution in [0.1, 0.15) is 11.3 Å². The number of hydrogen-bond donors (Lipinski definition) is 2. The maximum Gasteiger partial charge on any atom is 0.0954 e. The third-order valence-corrected chi connectivity index (χ3v) is 3.74. The van der Waals surface area contributed by atoms with Crippen LogP contribution < -0.4 is 11.1 Å². The van der Waals surface area contributed by atoms with Gasteiger partial charge in [-0.15, -0.1) is 0 Å². The van der Waals surface area contributed by atoms with Crippen molar-refractivity contribution in [1.82, 2.24) is 9.97 Å². The summed E-state index contributed by atoms with van der Waals surface area (Å²) in [6, 6.07) is 9.91. The number of benzene rings is 1. The second-order valence-electron chi connectivity index (χ2n) is 4.91. The smallest absolute Gasteiger partial charge is 0.0954 e. The van der Waals surface area contributed by atoms with E-state index in [1.54, 1.807) is 6.20 Å². The minimum absolute atomic E-state index is 0.698. The SMILES string of the molecule is Cc1ccc(CNc2ccc(N)c3cc(Br)cnc23)cn1. The average Bonchev–Trinajstić information content (AvgIpc) is 2.49. The lowest BCUT2D eigenvalue weighted by Crippen LogP contribution is -2.02. The van der Waals surface area contributed by atoms with Crippen LogP contribution in [0.15, 0.2) is 47.2 Å². The Bertz CT molecular complexity index is 784. The number of fused-ring (bicyclic) bond motifs is 1. The third kappa shape index (κ3) is 2.97. The molecular formula is C16H15BrN4. The van der Waals surface area contributed by atoms with Gasteiger partial charge in [0.15, 0.2) is 0 Å². The third-order valence-electron chi connectivity index (χ3n) is 3.31. The number of aromatic nitrogens is 2. The van der Waals surface area contributed by atoms with Crippen molar-refractivity contribution in [3.63, 3.8) is 0 Å². The van der Waals surface area contributed by atoms with E-state index in [1.807, 2.05) is 37.4 Å². The molecular weight excluding hydrogens is 328 g/mol. The molecule has 0 amide bonds. The molecule has 0 unspecified atom stereocenters. The monoisotopic (exact) mass is 342 g/mol. The lowest BCUT2D eigenvalue weighted by Gasteiger charge is -2.11. The number of halogens is 1. The molecule has 0 aliphatic heterocycles. The molecule has 5 heteroatoms. The van der Waals surface area contributed by atoms with Crippen LogP contribution >= 0.6 is 15.9 Å². The summed E-state index contributed by atoms with van der Waals surface area (Å²) >= 11 is 3.43. The number of hydrogen-bond acceptors (Lipinski definition) is 4. The van der Waals surface area contributed by atoms with E-state index in [4.69, 9.17) is 5.73 Å². The molecule has 0 bridgehead atoms. The fraction of sp³-hybridized carbons (Fsp3) is 0.125. The summed E-state index contributed by atoms with van der Waals surface area (Å²) in [6.45, 7) is 2.68. The largest absolute Gasteiger partial charge is 0.398 e. The van der Waals surface area contributed by atoms with E-state index in [2.05, 4.69) is 37.3 Å². The molecule has 0 saturated heterocycles. The molecule has 0 spiro atoms. The highest BCUT2D eigenvalue weighted by Crippen LogP contribution is 2.29. The molecule has 0 fully saturated rings. The van der Waals surface area contributed by atoms with Gasteiger partial charge >= 0.3 is 0 Å². The molecule has 0 aliphatic rings. The Kier molecular flexibility index (Phi) is 3.75. The summed E-state index contributed by atoms with van der Waals surface area (Å²) in [4.78, 5) is 8.76. The quantitative estimate of drug-likeness (QED) is 0.708. The summed E-state index contributed by atoms with van der Waals surface area (Å²) in [7, 11) is 0. The van der Waals surface area contributed by atoms with Gasteiger partial charge in [-0.1, -0.05) is 6.07 Å². The Morgan fingerprint density at radius 2 is 2.00 bits per heavy atom. The summed E-state index contributed by atoms with van der Waals surface area (Å²) in [5.74, 6) is 0. The Morgan fingerprint density at radius 1 is 1.14 bits per heavy atom. The fourth-order valence-corrected chi connectivity index (χ4v) is 2.49. The predicted octanol–water partition coefficient (Wildman–Crippen LogP) is 3.90. The normalized spacial score (nSPS) is 10.8. The summed E-state index contributed by atoms with van der Waals surface area (Å²) < 4.78 is 0.918. The highest BCUT2D eigenvalue weighted by Gasteiger charge is 2.06. The molecule has 0 atom stereocenters. The molecule has 0 radical (unpaired) electrons. The summed E-state index contributed by atoms with van der Waals surface area (Å²) in [5, 5.41) is 4.34. The molecule has 106 valence electrons. The van der Waals surface area contributed by atoms with E-state index in [9.17, 15) is 0 Å². The lowest BCUT2D eigenvalue weighted by atomic mass is 10.1. The number of nitrogens with one attached hydrogen (secondary N) is 1. The average molecular weight is 343 g/mol. The summed E-state index contributed by atoms with van der Waals surface area (Å²) in [5.41, 5.74) is 10.7. The van der Waals surface area contributed by atoms with Crippen molar-refractivity contribution < 1.29 is 0 Å². The molecule has 3 N–H and O–H groups in total. The van der Waals surface area contributed by atoms with Gasteiger partial charge in [-0.3, -0.25) is 9.97 Å². The highest BCUT2D eigenvalue weighted by atomic mass is 79.9. The Labute approximate surface area is 131 Å². The Hall–Kier alpha value is -2.14. The van der Waals surface area contributed by atoms with Crippen molar-refractivity contribution in [2.24, 2.45) is 0 Å². The van der Waals surface area contributed by atoms with Crippen LogP contribution in [-0.4, -0.2) is 9.97 Å². The van der Waals surface area contributed by atoms with Gasteiger partial charge in [-0.05, 0) is 52.7 Å². The topological polar surface area (TPSA) is 63.8 Å². The predicted molar refractivity (Wildman–Crippen MR) is 90.2 cm³/mol. The fourth-order valence-electron chi connectivity index (χ4n) is 2.16. The molecule has 1 aromatic carbocycles. The van der Waals surface area contributed by atoms with Crippen molar-refractivity contribution in [1.29, 1.82) is 0 Å². The zero-order valence-corrected chi connectivity index (χ0v) is 13.2. The van der Waals surface area contributed by atoms with Gasteiger partial charge < -0.3 is 11.1 Å². The van der Waals surface area contributed by atoms with Gasteiger partial charge in [0.2, 0.25) is 0 Å². The Balaban J connectivity index is 1.90. The van der Waals surface area contributed by atoms with Crippen LogP contribution in [-0.2, 0) is 6.54 Å². The zero-order valence-electron chi connectivity index (χ0n) is 11.6. The van der Waals surface area contributed by atoms with Gasteiger partial charge in [0, 0.05) is 40.2 Å². The molecule has 3 rings (SSSR count). The van der Waals surface area contributed by atoms with Crippen LogP contribution in [0.25, 0.3) is 10.9 Å². The van der Waals surface area contributed by atoms with Crippen LogP contribution in [0.4, 0.5) is 11.4 Å². The van der Waals surface area contributed by atoms with Crippen LogP contribution in [0.3, 0.4) is 0 Å². The minimum atomic E-state index is 0.698. The maximum absolute atomic E-state index is 6.02. The first-order chi connectivity index (χ1) is 10.1. The molecule has 3 aromatic rings. The van der Waals surface area contributed by atoms with E-state index in [0.717, 1.165) is 38.0 Å². The number of aryl methyl sites for hydroxylation is 1. The Morgan fingerprint density at radius 3 is 2.76 bits per heavy atom. The van der Waals surface area contributed by atoms with Gasteiger partial charge in [0.05, 0.1) is 11.2 Å². The first-order valence-corrected chi connectivity index (χ1v) is 7.42. The van der Waals surface area contributed by atoms with Crippen LogP contribution in [0.5, 0.6) is 0 Å². The van der Waals surface area contributed by atoms with E-state index in [0.29, 0.717) is 6.54 Å². The van der Waals surface area contributed by atoms with Gasteiger partial charge in [-0.2, -0.15) is 0 Å². The molecule has 4 nitrogen and oxygen atoms in total. The standard InChI is InChI=1S/C16H15BrN4/c1-10-2-3-11(7-19-10)8-20-15-5-4-14(18)13-6-12(17)9-21-16(13)15/h2-7,9,20H,8,18H2,1H3. The maximum atomic E-state index is 6.02.